The van der Waals surface area contributed by atoms with Crippen molar-refractivity contribution in [2.45, 2.75) is 19.8 Å². The molecule has 0 aromatic heterocycles. The highest BCUT2D eigenvalue weighted by Gasteiger charge is 1.88. The van der Waals surface area contributed by atoms with Gasteiger partial charge in [0.05, 0.1) is 6.61 Å². The van der Waals surface area contributed by atoms with E-state index in [2.05, 4.69) is 23.3 Å². The summed E-state index contributed by atoms with van der Waals surface area (Å²) < 4.78 is 9.58. The molecule has 0 fully saturated rings. The fraction of sp³-hybridized carbons (Fsp3) is 0.500. The molecule has 0 N–H and O–H groups in total. The summed E-state index contributed by atoms with van der Waals surface area (Å²) in [5, 5.41) is 0. The smallest absolute Gasteiger partial charge is 0.344 e. The normalized spacial score (nSPS) is 8.38. The lowest BCUT2D eigenvalue weighted by molar-refractivity contribution is -0.131. The van der Waals surface area contributed by atoms with Gasteiger partial charge in [-0.15, -0.1) is 0 Å². The van der Waals surface area contributed by atoms with Crippen LogP contribution in [-0.2, 0) is 14.3 Å². The van der Waals surface area contributed by atoms with Gasteiger partial charge in [-0.2, -0.15) is 0 Å². The van der Waals surface area contributed by atoms with Crippen molar-refractivity contribution in [3.63, 3.8) is 0 Å². The number of rotatable bonds is 5. The van der Waals surface area contributed by atoms with E-state index in [0.717, 1.165) is 19.1 Å². The van der Waals surface area contributed by atoms with Gasteiger partial charge >= 0.3 is 5.97 Å². The van der Waals surface area contributed by atoms with Crippen molar-refractivity contribution in [1.29, 1.82) is 0 Å². The number of carbonyl (C=O) groups is 1. The maximum absolute atomic E-state index is 10.5. The zero-order valence-corrected chi connectivity index (χ0v) is 7.84. The number of ether oxygens (including phenoxy) is 2. The predicted molar refractivity (Wildman–Crippen MR) is 49.8 cm³/mol. The molecule has 0 amide bonds. The summed E-state index contributed by atoms with van der Waals surface area (Å²) in [5.41, 5.74) is 0. The Morgan fingerprint density at radius 3 is 2.92 bits per heavy atom. The zero-order chi connectivity index (χ0) is 9.94. The highest BCUT2D eigenvalue weighted by Crippen LogP contribution is 1.83. The standard InChI is InChI=1S/C10H14O3/c1-3-7-12-8-5-6-9-13-10(11)4-2/h4H,2-3,5,7-8H2,1H3. The number of hydrogen-bond acceptors (Lipinski definition) is 3. The third kappa shape index (κ3) is 8.64. The number of hydrogen-bond donors (Lipinski definition) is 0. The second-order valence-electron chi connectivity index (χ2n) is 2.27. The lowest BCUT2D eigenvalue weighted by Gasteiger charge is -1.95. The fourth-order valence-electron chi connectivity index (χ4n) is 0.549. The second kappa shape index (κ2) is 8.82. The Balaban J connectivity index is 3.29. The Morgan fingerprint density at radius 1 is 1.54 bits per heavy atom. The average Bonchev–Trinajstić information content (AvgIpc) is 2.16. The first-order chi connectivity index (χ1) is 6.31. The molecular weight excluding hydrogens is 168 g/mol. The first kappa shape index (κ1) is 11.7. The van der Waals surface area contributed by atoms with Crippen molar-refractivity contribution < 1.29 is 14.3 Å². The highest BCUT2D eigenvalue weighted by atomic mass is 16.5. The van der Waals surface area contributed by atoms with E-state index in [-0.39, 0.29) is 0 Å². The Bertz CT molecular complexity index is 210. The fourth-order valence-corrected chi connectivity index (χ4v) is 0.549. The van der Waals surface area contributed by atoms with Crippen LogP contribution in [0.2, 0.25) is 0 Å². The minimum atomic E-state index is -0.526. The molecule has 0 bridgehead atoms. The molecule has 0 unspecified atom stereocenters. The third-order valence-electron chi connectivity index (χ3n) is 1.11. The third-order valence-corrected chi connectivity index (χ3v) is 1.11. The van der Waals surface area contributed by atoms with Crippen LogP contribution in [-0.4, -0.2) is 19.2 Å². The molecule has 0 atom stereocenters. The maximum Gasteiger partial charge on any atom is 0.344 e. The SMILES string of the molecule is C=CC(=O)OC#CCCOCCC. The minimum Gasteiger partial charge on any atom is -0.380 e. The van der Waals surface area contributed by atoms with Gasteiger partial charge in [-0.3, -0.25) is 0 Å². The summed E-state index contributed by atoms with van der Waals surface area (Å²) in [7, 11) is 0. The molecule has 3 nitrogen and oxygen atoms in total. The van der Waals surface area contributed by atoms with E-state index in [1.807, 2.05) is 6.92 Å². The molecule has 0 aliphatic heterocycles. The van der Waals surface area contributed by atoms with E-state index in [4.69, 9.17) is 4.74 Å². The van der Waals surface area contributed by atoms with Crippen molar-refractivity contribution in [3.05, 3.63) is 12.7 Å². The van der Waals surface area contributed by atoms with Gasteiger partial charge in [-0.25, -0.2) is 4.79 Å². The van der Waals surface area contributed by atoms with Crippen LogP contribution in [0.1, 0.15) is 19.8 Å². The number of esters is 1. The quantitative estimate of drug-likeness (QED) is 0.280. The molecular formula is C10H14O3. The average molecular weight is 182 g/mol. The van der Waals surface area contributed by atoms with E-state index in [9.17, 15) is 4.79 Å². The predicted octanol–water partition coefficient (Wildman–Crippen LogP) is 1.49. The Kier molecular flexibility index (Phi) is 7.96. The van der Waals surface area contributed by atoms with Crippen LogP contribution in [0.4, 0.5) is 0 Å². The molecule has 0 aliphatic carbocycles. The summed E-state index contributed by atoms with van der Waals surface area (Å²) in [6.07, 6.45) is 4.91. The second-order valence-corrected chi connectivity index (χ2v) is 2.27. The van der Waals surface area contributed by atoms with Gasteiger partial charge in [0.1, 0.15) is 6.11 Å². The van der Waals surface area contributed by atoms with Gasteiger partial charge in [0, 0.05) is 19.1 Å². The minimum absolute atomic E-state index is 0.526. The van der Waals surface area contributed by atoms with Gasteiger partial charge in [0.15, 0.2) is 0 Å². The van der Waals surface area contributed by atoms with Gasteiger partial charge < -0.3 is 9.47 Å². The molecule has 0 spiro atoms. The highest BCUT2D eigenvalue weighted by molar-refractivity contribution is 5.82. The lowest BCUT2D eigenvalue weighted by atomic mass is 10.5. The molecule has 0 aromatic rings. The largest absolute Gasteiger partial charge is 0.380 e. The first-order valence-corrected chi connectivity index (χ1v) is 4.20. The summed E-state index contributed by atoms with van der Waals surface area (Å²) >= 11 is 0. The van der Waals surface area contributed by atoms with Crippen LogP contribution >= 0.6 is 0 Å². The molecule has 0 radical (unpaired) electrons. The summed E-state index contributed by atoms with van der Waals surface area (Å²) in [5.74, 6) is 2.12. The molecule has 0 saturated carbocycles. The molecule has 72 valence electrons. The monoisotopic (exact) mass is 182 g/mol. The van der Waals surface area contributed by atoms with Gasteiger partial charge in [0.25, 0.3) is 0 Å². The van der Waals surface area contributed by atoms with Crippen molar-refractivity contribution >= 4 is 5.97 Å². The van der Waals surface area contributed by atoms with Crippen molar-refractivity contribution in [3.8, 4) is 12.0 Å². The van der Waals surface area contributed by atoms with Crippen LogP contribution < -0.4 is 0 Å². The van der Waals surface area contributed by atoms with Gasteiger partial charge in [-0.05, 0) is 6.42 Å². The van der Waals surface area contributed by atoms with Crippen molar-refractivity contribution in [2.75, 3.05) is 13.2 Å². The molecule has 3 heteroatoms. The first-order valence-electron chi connectivity index (χ1n) is 4.20. The lowest BCUT2D eigenvalue weighted by Crippen LogP contribution is -1.95. The van der Waals surface area contributed by atoms with Gasteiger partial charge in [0.2, 0.25) is 0 Å². The Hall–Kier alpha value is -1.27. The van der Waals surface area contributed by atoms with Gasteiger partial charge in [-0.1, -0.05) is 19.4 Å². The topological polar surface area (TPSA) is 35.5 Å². The Morgan fingerprint density at radius 2 is 2.31 bits per heavy atom. The molecule has 0 heterocycles. The van der Waals surface area contributed by atoms with Crippen LogP contribution in [0.25, 0.3) is 0 Å². The van der Waals surface area contributed by atoms with Crippen molar-refractivity contribution in [1.82, 2.24) is 0 Å². The summed E-state index contributed by atoms with van der Waals surface area (Å²) in [6, 6.07) is 0. The molecule has 13 heavy (non-hydrogen) atoms. The van der Waals surface area contributed by atoms with E-state index in [0.29, 0.717) is 13.0 Å². The molecule has 0 aliphatic rings. The zero-order valence-electron chi connectivity index (χ0n) is 7.84. The van der Waals surface area contributed by atoms with Crippen molar-refractivity contribution in [2.24, 2.45) is 0 Å². The number of carbonyl (C=O) groups excluding carboxylic acids is 1. The molecule has 0 saturated heterocycles. The van der Waals surface area contributed by atoms with E-state index in [1.54, 1.807) is 0 Å². The van der Waals surface area contributed by atoms with Crippen LogP contribution in [0.3, 0.4) is 0 Å². The van der Waals surface area contributed by atoms with Crippen LogP contribution in [0, 0.1) is 12.0 Å². The van der Waals surface area contributed by atoms with Crippen LogP contribution in [0.15, 0.2) is 12.7 Å². The summed E-state index contributed by atoms with van der Waals surface area (Å²) in [4.78, 5) is 10.5. The molecule has 0 aromatic carbocycles. The molecule has 0 rings (SSSR count). The van der Waals surface area contributed by atoms with E-state index < -0.39 is 5.97 Å². The summed E-state index contributed by atoms with van der Waals surface area (Å²) in [6.45, 7) is 6.59. The van der Waals surface area contributed by atoms with E-state index >= 15 is 0 Å². The Labute approximate surface area is 78.7 Å². The maximum atomic E-state index is 10.5. The van der Waals surface area contributed by atoms with Crippen LogP contribution in [0.5, 0.6) is 0 Å². The van der Waals surface area contributed by atoms with E-state index in [1.165, 1.54) is 0 Å².